The van der Waals surface area contributed by atoms with E-state index in [2.05, 4.69) is 74.2 Å². The second-order valence-corrected chi connectivity index (χ2v) is 7.89. The van der Waals surface area contributed by atoms with Crippen molar-refractivity contribution < 1.29 is 14.3 Å². The number of hydrogen-bond acceptors (Lipinski definition) is 3. The number of hydrogen-bond donors (Lipinski definition) is 0. The molecule has 1 aliphatic carbocycles. The van der Waals surface area contributed by atoms with Crippen molar-refractivity contribution in [3.05, 3.63) is 90.0 Å². The Morgan fingerprint density at radius 1 is 0.935 bits per heavy atom. The van der Waals surface area contributed by atoms with Crippen molar-refractivity contribution in [1.82, 2.24) is 0 Å². The summed E-state index contributed by atoms with van der Waals surface area (Å²) < 4.78 is 10.8. The molecular weight excluding hydrogens is 384 g/mol. The van der Waals surface area contributed by atoms with Crippen LogP contribution in [0.15, 0.2) is 73.3 Å². The van der Waals surface area contributed by atoms with Gasteiger partial charge >= 0.3 is 5.97 Å². The van der Waals surface area contributed by atoms with Gasteiger partial charge in [-0.1, -0.05) is 62.0 Å². The van der Waals surface area contributed by atoms with Gasteiger partial charge in [-0.2, -0.15) is 0 Å². The smallest absolute Gasteiger partial charge is 0.330 e. The maximum Gasteiger partial charge on any atom is 0.330 e. The summed E-state index contributed by atoms with van der Waals surface area (Å²) in [5, 5.41) is 0. The molecule has 1 aliphatic rings. The molecule has 31 heavy (non-hydrogen) atoms. The second-order valence-electron chi connectivity index (χ2n) is 7.89. The largest absolute Gasteiger partial charge is 0.494 e. The fourth-order valence-corrected chi connectivity index (χ4v) is 4.05. The average Bonchev–Trinajstić information content (AvgIpc) is 3.17. The minimum Gasteiger partial charge on any atom is -0.494 e. The molecule has 158 valence electrons. The highest BCUT2D eigenvalue weighted by molar-refractivity contribution is 5.81. The maximum atomic E-state index is 11.1. The Bertz CT molecular complexity index is 1080. The first-order valence-corrected chi connectivity index (χ1v) is 11.0. The van der Waals surface area contributed by atoms with Crippen LogP contribution in [0.4, 0.5) is 0 Å². The highest BCUT2D eigenvalue weighted by atomic mass is 16.5. The molecule has 4 rings (SSSR count). The van der Waals surface area contributed by atoms with Crippen LogP contribution in [0.2, 0.25) is 0 Å². The van der Waals surface area contributed by atoms with Gasteiger partial charge in [0.25, 0.3) is 0 Å². The first-order chi connectivity index (χ1) is 15.2. The SMILES string of the molecule is C=CC(=O)OCCCc1ccc(-c2ccc3c(c2)Cc2cc(OCCC)ccc2-3)cc1. The van der Waals surface area contributed by atoms with Gasteiger partial charge in [0.05, 0.1) is 13.2 Å². The Labute approximate surface area is 184 Å². The molecule has 0 bridgehead atoms. The van der Waals surface area contributed by atoms with Crippen LogP contribution in [0.3, 0.4) is 0 Å². The number of fused-ring (bicyclic) bond motifs is 3. The summed E-state index contributed by atoms with van der Waals surface area (Å²) in [7, 11) is 0. The molecule has 0 aromatic heterocycles. The normalized spacial score (nSPS) is 11.5. The van der Waals surface area contributed by atoms with E-state index in [4.69, 9.17) is 9.47 Å². The minimum atomic E-state index is -0.362. The van der Waals surface area contributed by atoms with Crippen LogP contribution in [0.5, 0.6) is 5.75 Å². The maximum absolute atomic E-state index is 11.1. The fraction of sp³-hybridized carbons (Fsp3) is 0.250. The van der Waals surface area contributed by atoms with Crippen LogP contribution >= 0.6 is 0 Å². The van der Waals surface area contributed by atoms with E-state index in [0.29, 0.717) is 6.61 Å². The minimum absolute atomic E-state index is 0.362. The molecule has 3 aromatic carbocycles. The summed E-state index contributed by atoms with van der Waals surface area (Å²) >= 11 is 0. The number of carbonyl (C=O) groups is 1. The summed E-state index contributed by atoms with van der Waals surface area (Å²) in [5.41, 5.74) is 9.05. The van der Waals surface area contributed by atoms with Crippen LogP contribution in [-0.2, 0) is 22.4 Å². The highest BCUT2D eigenvalue weighted by Crippen LogP contribution is 2.40. The number of benzene rings is 3. The molecule has 3 aromatic rings. The molecule has 0 aliphatic heterocycles. The van der Waals surface area contributed by atoms with E-state index in [1.54, 1.807) is 0 Å². The zero-order valence-electron chi connectivity index (χ0n) is 18.0. The van der Waals surface area contributed by atoms with Gasteiger partial charge in [0, 0.05) is 6.08 Å². The highest BCUT2D eigenvalue weighted by Gasteiger charge is 2.19. The Hall–Kier alpha value is -3.33. The quantitative estimate of drug-likeness (QED) is 0.182. The first kappa shape index (κ1) is 20.9. The van der Waals surface area contributed by atoms with Gasteiger partial charge < -0.3 is 9.47 Å². The monoisotopic (exact) mass is 412 g/mol. The van der Waals surface area contributed by atoms with Crippen molar-refractivity contribution in [3.8, 4) is 28.0 Å². The predicted octanol–water partition coefficient (Wildman–Crippen LogP) is 6.38. The zero-order valence-corrected chi connectivity index (χ0v) is 18.0. The van der Waals surface area contributed by atoms with Crippen molar-refractivity contribution in [2.24, 2.45) is 0 Å². The molecule has 3 heteroatoms. The van der Waals surface area contributed by atoms with Gasteiger partial charge in [-0.25, -0.2) is 4.79 Å². The molecule has 0 saturated heterocycles. The van der Waals surface area contributed by atoms with E-state index in [9.17, 15) is 4.79 Å². The third-order valence-electron chi connectivity index (χ3n) is 5.63. The number of aryl methyl sites for hydroxylation is 1. The number of rotatable bonds is 9. The topological polar surface area (TPSA) is 35.5 Å². The van der Waals surface area contributed by atoms with Crippen LogP contribution in [-0.4, -0.2) is 19.2 Å². The number of ether oxygens (including phenoxy) is 2. The number of carbonyl (C=O) groups excluding carboxylic acids is 1. The third kappa shape index (κ3) is 4.88. The molecule has 0 N–H and O–H groups in total. The summed E-state index contributed by atoms with van der Waals surface area (Å²) in [6.45, 7) is 6.70. The van der Waals surface area contributed by atoms with Crippen LogP contribution < -0.4 is 4.74 Å². The lowest BCUT2D eigenvalue weighted by molar-refractivity contribution is -0.137. The lowest BCUT2D eigenvalue weighted by Crippen LogP contribution is -2.02. The molecular formula is C28H28O3. The van der Waals surface area contributed by atoms with Gasteiger partial charge in [-0.15, -0.1) is 0 Å². The summed E-state index contributed by atoms with van der Waals surface area (Å²) in [4.78, 5) is 11.1. The van der Waals surface area contributed by atoms with E-state index in [1.807, 2.05) is 0 Å². The van der Waals surface area contributed by atoms with Gasteiger partial charge in [0.1, 0.15) is 5.75 Å². The Morgan fingerprint density at radius 2 is 1.65 bits per heavy atom. The van der Waals surface area contributed by atoms with Crippen LogP contribution in [0.1, 0.15) is 36.5 Å². The van der Waals surface area contributed by atoms with E-state index in [0.717, 1.165) is 38.0 Å². The van der Waals surface area contributed by atoms with Gasteiger partial charge in [-0.3, -0.25) is 0 Å². The standard InChI is InChI=1S/C28H28O3/c1-3-15-30-25-12-14-27-24(19-25)18-23-17-22(11-13-26(23)27)21-9-7-20(8-10-21)6-5-16-31-28(29)4-2/h4,7-14,17,19H,2-3,5-6,15-16,18H2,1H3. The van der Waals surface area contributed by atoms with Gasteiger partial charge in [-0.05, 0) is 76.8 Å². The van der Waals surface area contributed by atoms with Crippen molar-refractivity contribution in [2.75, 3.05) is 13.2 Å². The molecule has 0 fully saturated rings. The molecule has 0 saturated carbocycles. The van der Waals surface area contributed by atoms with Crippen molar-refractivity contribution in [1.29, 1.82) is 0 Å². The van der Waals surface area contributed by atoms with Gasteiger partial charge in [0.2, 0.25) is 0 Å². The lowest BCUT2D eigenvalue weighted by Gasteiger charge is -2.08. The molecule has 3 nitrogen and oxygen atoms in total. The van der Waals surface area contributed by atoms with E-state index in [-0.39, 0.29) is 5.97 Å². The Balaban J connectivity index is 1.42. The summed E-state index contributed by atoms with van der Waals surface area (Å²) in [6, 6.07) is 21.9. The number of esters is 1. The molecule has 0 unspecified atom stereocenters. The molecule has 0 atom stereocenters. The molecule has 0 spiro atoms. The molecule has 0 amide bonds. The van der Waals surface area contributed by atoms with Crippen molar-refractivity contribution in [2.45, 2.75) is 32.6 Å². The second kappa shape index (κ2) is 9.65. The van der Waals surface area contributed by atoms with E-state index < -0.39 is 0 Å². The van der Waals surface area contributed by atoms with Crippen molar-refractivity contribution in [3.63, 3.8) is 0 Å². The Kier molecular flexibility index (Phi) is 6.51. The summed E-state index contributed by atoms with van der Waals surface area (Å²) in [6.07, 6.45) is 4.85. The first-order valence-electron chi connectivity index (χ1n) is 11.0. The zero-order chi connectivity index (χ0) is 21.6. The van der Waals surface area contributed by atoms with Crippen LogP contribution in [0.25, 0.3) is 22.3 Å². The Morgan fingerprint density at radius 3 is 2.39 bits per heavy atom. The van der Waals surface area contributed by atoms with Crippen molar-refractivity contribution >= 4 is 5.97 Å². The van der Waals surface area contributed by atoms with Crippen LogP contribution in [0, 0.1) is 0 Å². The average molecular weight is 413 g/mol. The third-order valence-corrected chi connectivity index (χ3v) is 5.63. The molecule has 0 radical (unpaired) electrons. The van der Waals surface area contributed by atoms with E-state index in [1.165, 1.54) is 45.0 Å². The van der Waals surface area contributed by atoms with E-state index >= 15 is 0 Å². The lowest BCUT2D eigenvalue weighted by atomic mass is 9.98. The molecule has 0 heterocycles. The van der Waals surface area contributed by atoms with Gasteiger partial charge in [0.15, 0.2) is 0 Å². The predicted molar refractivity (Wildman–Crippen MR) is 125 cm³/mol. The fourth-order valence-electron chi connectivity index (χ4n) is 4.05. The summed E-state index contributed by atoms with van der Waals surface area (Å²) in [5.74, 6) is 0.599.